The van der Waals surface area contributed by atoms with Crippen molar-refractivity contribution in [3.05, 3.63) is 53.6 Å². The number of ether oxygens (including phenoxy) is 2. The molecule has 8 heteroatoms. The van der Waals surface area contributed by atoms with E-state index in [1.165, 1.54) is 0 Å². The van der Waals surface area contributed by atoms with Gasteiger partial charge in [0.15, 0.2) is 11.5 Å². The second-order valence-electron chi connectivity index (χ2n) is 6.01. The van der Waals surface area contributed by atoms with Crippen LogP contribution in [-0.4, -0.2) is 33.8 Å². The molecule has 2 aromatic carbocycles. The third kappa shape index (κ3) is 5.13. The van der Waals surface area contributed by atoms with E-state index >= 15 is 0 Å². The molecule has 0 atom stereocenters. The van der Waals surface area contributed by atoms with Gasteiger partial charge in [-0.2, -0.15) is 0 Å². The molecule has 1 amide bonds. The van der Waals surface area contributed by atoms with Gasteiger partial charge >= 0.3 is 0 Å². The van der Waals surface area contributed by atoms with Gasteiger partial charge in [-0.05, 0) is 35.4 Å². The lowest BCUT2D eigenvalue weighted by molar-refractivity contribution is -0.120. The Bertz CT molecular complexity index is 912. The van der Waals surface area contributed by atoms with Crippen LogP contribution in [0.5, 0.6) is 11.5 Å². The van der Waals surface area contributed by atoms with E-state index in [2.05, 4.69) is 10.0 Å². The van der Waals surface area contributed by atoms with Crippen molar-refractivity contribution >= 4 is 21.6 Å². The summed E-state index contributed by atoms with van der Waals surface area (Å²) in [6, 6.07) is 12.3. The first kappa shape index (κ1) is 18.1. The highest BCUT2D eigenvalue weighted by molar-refractivity contribution is 7.92. The Balaban J connectivity index is 1.57. The van der Waals surface area contributed by atoms with Crippen LogP contribution < -0.4 is 19.5 Å². The van der Waals surface area contributed by atoms with Gasteiger partial charge in [0, 0.05) is 12.2 Å². The van der Waals surface area contributed by atoms with Crippen LogP contribution in [0.3, 0.4) is 0 Å². The molecule has 0 aliphatic carbocycles. The lowest BCUT2D eigenvalue weighted by Gasteiger charge is -2.18. The molecule has 1 heterocycles. The highest BCUT2D eigenvalue weighted by atomic mass is 32.2. The maximum Gasteiger partial charge on any atom is 0.229 e. The molecule has 0 aromatic heterocycles. The zero-order chi connectivity index (χ0) is 18.6. The van der Waals surface area contributed by atoms with E-state index in [1.807, 2.05) is 18.2 Å². The number of nitrogens with one attached hydrogen (secondary N) is 2. The van der Waals surface area contributed by atoms with E-state index < -0.39 is 10.0 Å². The average Bonchev–Trinajstić information content (AvgIpc) is 2.59. The van der Waals surface area contributed by atoms with Gasteiger partial charge in [-0.3, -0.25) is 9.52 Å². The molecule has 1 aliphatic heterocycles. The van der Waals surface area contributed by atoms with Crippen molar-refractivity contribution in [2.75, 3.05) is 24.2 Å². The van der Waals surface area contributed by atoms with Crippen LogP contribution in [0.25, 0.3) is 0 Å². The number of hydrogen-bond acceptors (Lipinski definition) is 5. The molecular formula is C18H20N2O5S. The van der Waals surface area contributed by atoms with Gasteiger partial charge in [-0.25, -0.2) is 8.42 Å². The molecule has 2 aromatic rings. The Morgan fingerprint density at radius 3 is 2.58 bits per heavy atom. The monoisotopic (exact) mass is 376 g/mol. The van der Waals surface area contributed by atoms with Gasteiger partial charge in [0.05, 0.1) is 12.7 Å². The number of carbonyl (C=O) groups excluding carboxylic acids is 1. The van der Waals surface area contributed by atoms with Crippen molar-refractivity contribution in [3.8, 4) is 11.5 Å². The lowest BCUT2D eigenvalue weighted by Crippen LogP contribution is -2.24. The van der Waals surface area contributed by atoms with E-state index in [-0.39, 0.29) is 12.3 Å². The second-order valence-corrected chi connectivity index (χ2v) is 7.75. The molecule has 0 bridgehead atoms. The molecular weight excluding hydrogens is 356 g/mol. The first-order valence-corrected chi connectivity index (χ1v) is 10.0. The summed E-state index contributed by atoms with van der Waals surface area (Å²) < 4.78 is 36.0. The molecule has 138 valence electrons. The summed E-state index contributed by atoms with van der Waals surface area (Å²) in [6.07, 6.45) is 1.31. The number of benzene rings is 2. The van der Waals surface area contributed by atoms with Crippen LogP contribution in [0, 0.1) is 0 Å². The van der Waals surface area contributed by atoms with E-state index in [0.29, 0.717) is 36.9 Å². The number of rotatable bonds is 6. The van der Waals surface area contributed by atoms with E-state index in [0.717, 1.165) is 17.4 Å². The predicted octanol–water partition coefficient (Wildman–Crippen LogP) is 1.69. The SMILES string of the molecule is CS(=O)(=O)Nc1cccc(CNC(=O)Cc2ccc3c(c2)OCCO3)c1. The van der Waals surface area contributed by atoms with E-state index in [1.54, 1.807) is 24.3 Å². The fraction of sp³-hybridized carbons (Fsp3) is 0.278. The van der Waals surface area contributed by atoms with Crippen LogP contribution in [-0.2, 0) is 27.8 Å². The molecule has 0 fully saturated rings. The first-order valence-electron chi connectivity index (χ1n) is 8.11. The minimum absolute atomic E-state index is 0.136. The average molecular weight is 376 g/mol. The van der Waals surface area contributed by atoms with Gasteiger partial charge in [0.25, 0.3) is 0 Å². The van der Waals surface area contributed by atoms with E-state index in [9.17, 15) is 13.2 Å². The van der Waals surface area contributed by atoms with Crippen molar-refractivity contribution in [2.24, 2.45) is 0 Å². The van der Waals surface area contributed by atoms with Crippen molar-refractivity contribution < 1.29 is 22.7 Å². The van der Waals surface area contributed by atoms with Crippen LogP contribution in [0.4, 0.5) is 5.69 Å². The van der Waals surface area contributed by atoms with Gasteiger partial charge in [-0.15, -0.1) is 0 Å². The number of fused-ring (bicyclic) bond motifs is 1. The van der Waals surface area contributed by atoms with Gasteiger partial charge in [-0.1, -0.05) is 18.2 Å². The quantitative estimate of drug-likeness (QED) is 0.800. The van der Waals surface area contributed by atoms with Crippen LogP contribution in [0.2, 0.25) is 0 Å². The van der Waals surface area contributed by atoms with Gasteiger partial charge < -0.3 is 14.8 Å². The van der Waals surface area contributed by atoms with Crippen LogP contribution >= 0.6 is 0 Å². The summed E-state index contributed by atoms with van der Waals surface area (Å²) in [5, 5.41) is 2.83. The molecule has 0 saturated heterocycles. The predicted molar refractivity (Wildman–Crippen MR) is 97.9 cm³/mol. The summed E-state index contributed by atoms with van der Waals surface area (Å²) in [4.78, 5) is 12.2. The number of sulfonamides is 1. The van der Waals surface area contributed by atoms with Crippen molar-refractivity contribution in [2.45, 2.75) is 13.0 Å². The standard InChI is InChI=1S/C18H20N2O5S/c1-26(22,23)20-15-4-2-3-14(9-15)12-19-18(21)11-13-5-6-16-17(10-13)25-8-7-24-16/h2-6,9-10,20H,7-8,11-12H2,1H3,(H,19,21). The summed E-state index contributed by atoms with van der Waals surface area (Å²) >= 11 is 0. The molecule has 1 aliphatic rings. The minimum atomic E-state index is -3.33. The van der Waals surface area contributed by atoms with Gasteiger partial charge in [0.2, 0.25) is 15.9 Å². The Morgan fingerprint density at radius 1 is 1.04 bits per heavy atom. The number of hydrogen-bond donors (Lipinski definition) is 2. The minimum Gasteiger partial charge on any atom is -0.486 e. The topological polar surface area (TPSA) is 93.7 Å². The number of carbonyl (C=O) groups is 1. The zero-order valence-corrected chi connectivity index (χ0v) is 15.1. The second kappa shape index (κ2) is 7.65. The summed E-state index contributed by atoms with van der Waals surface area (Å²) in [5.41, 5.74) is 2.10. The molecule has 2 N–H and O–H groups in total. The van der Waals surface area contributed by atoms with Crippen molar-refractivity contribution in [1.29, 1.82) is 0 Å². The summed E-state index contributed by atoms with van der Waals surface area (Å²) in [6.45, 7) is 1.34. The normalized spacial score (nSPS) is 13.1. The largest absolute Gasteiger partial charge is 0.486 e. The lowest BCUT2D eigenvalue weighted by atomic mass is 10.1. The third-order valence-electron chi connectivity index (χ3n) is 3.69. The highest BCUT2D eigenvalue weighted by Gasteiger charge is 2.13. The molecule has 0 radical (unpaired) electrons. The fourth-order valence-electron chi connectivity index (χ4n) is 2.61. The molecule has 0 saturated carbocycles. The molecule has 7 nitrogen and oxygen atoms in total. The maximum absolute atomic E-state index is 12.2. The first-order chi connectivity index (χ1) is 12.4. The van der Waals surface area contributed by atoms with Crippen LogP contribution in [0.15, 0.2) is 42.5 Å². The zero-order valence-electron chi connectivity index (χ0n) is 14.3. The Kier molecular flexibility index (Phi) is 5.32. The number of anilines is 1. The van der Waals surface area contributed by atoms with E-state index in [4.69, 9.17) is 9.47 Å². The van der Waals surface area contributed by atoms with Crippen LogP contribution in [0.1, 0.15) is 11.1 Å². The highest BCUT2D eigenvalue weighted by Crippen LogP contribution is 2.30. The van der Waals surface area contributed by atoms with Gasteiger partial charge in [0.1, 0.15) is 13.2 Å². The molecule has 3 rings (SSSR count). The fourth-order valence-corrected chi connectivity index (χ4v) is 3.16. The summed E-state index contributed by atoms with van der Waals surface area (Å²) in [5.74, 6) is 1.21. The summed E-state index contributed by atoms with van der Waals surface area (Å²) in [7, 11) is -3.33. The molecule has 0 spiro atoms. The Labute approximate surface area is 152 Å². The Hall–Kier alpha value is -2.74. The maximum atomic E-state index is 12.2. The molecule has 26 heavy (non-hydrogen) atoms. The number of amides is 1. The third-order valence-corrected chi connectivity index (χ3v) is 4.30. The van der Waals surface area contributed by atoms with Crippen molar-refractivity contribution in [1.82, 2.24) is 5.32 Å². The Morgan fingerprint density at radius 2 is 1.81 bits per heavy atom. The van der Waals surface area contributed by atoms with Crippen molar-refractivity contribution in [3.63, 3.8) is 0 Å². The smallest absolute Gasteiger partial charge is 0.229 e. The molecule has 0 unspecified atom stereocenters.